The van der Waals surface area contributed by atoms with Crippen molar-refractivity contribution in [3.8, 4) is 5.75 Å². The first-order valence-corrected chi connectivity index (χ1v) is 9.43. The van der Waals surface area contributed by atoms with E-state index in [0.717, 1.165) is 23.2 Å². The van der Waals surface area contributed by atoms with Crippen LogP contribution in [-0.4, -0.2) is 30.2 Å². The predicted octanol–water partition coefficient (Wildman–Crippen LogP) is 5.00. The van der Waals surface area contributed by atoms with Crippen LogP contribution in [-0.2, 0) is 4.79 Å². The van der Waals surface area contributed by atoms with Crippen molar-refractivity contribution >= 4 is 16.7 Å². The van der Waals surface area contributed by atoms with E-state index in [1.807, 2.05) is 12.1 Å². The molecule has 0 radical (unpaired) electrons. The maximum absolute atomic E-state index is 13.9. The molecule has 28 heavy (non-hydrogen) atoms. The maximum atomic E-state index is 13.9. The lowest BCUT2D eigenvalue weighted by atomic mass is 9.93. The van der Waals surface area contributed by atoms with Crippen molar-refractivity contribution in [2.75, 3.05) is 13.2 Å². The molecule has 1 aliphatic rings. The Morgan fingerprint density at radius 3 is 2.50 bits per heavy atom. The van der Waals surface area contributed by atoms with E-state index >= 15 is 0 Å². The summed E-state index contributed by atoms with van der Waals surface area (Å²) in [6.45, 7) is 5.88. The number of hydrazine groups is 1. The molecule has 0 bridgehead atoms. The number of unbranched alkanes of at least 4 members (excludes halogenated alkanes) is 1. The summed E-state index contributed by atoms with van der Waals surface area (Å²) in [5.41, 5.74) is 1.61. The highest BCUT2D eigenvalue weighted by Gasteiger charge is 2.51. The zero-order valence-corrected chi connectivity index (χ0v) is 16.3. The van der Waals surface area contributed by atoms with Gasteiger partial charge < -0.3 is 4.74 Å². The number of hydrogen-bond acceptors (Lipinski definition) is 3. The Morgan fingerprint density at radius 1 is 1.18 bits per heavy atom. The number of hydrogen-bond donors (Lipinski definition) is 1. The summed E-state index contributed by atoms with van der Waals surface area (Å²) < 4.78 is 47.4. The van der Waals surface area contributed by atoms with Gasteiger partial charge in [-0.05, 0) is 54.8 Å². The smallest absolute Gasteiger partial charge is 0.409 e. The molecule has 2 aromatic rings. The number of ether oxygens (including phenoxy) is 1. The molecule has 3 rings (SSSR count). The number of rotatable bonds is 6. The molecule has 1 fully saturated rings. The van der Waals surface area contributed by atoms with E-state index < -0.39 is 23.5 Å². The fraction of sp³-hybridized carbons (Fsp3) is 0.476. The second-order valence-corrected chi connectivity index (χ2v) is 7.87. The minimum Gasteiger partial charge on any atom is -0.494 e. The number of carbonyl (C=O) groups is 1. The highest BCUT2D eigenvalue weighted by atomic mass is 19.4. The van der Waals surface area contributed by atoms with E-state index in [1.165, 1.54) is 12.1 Å². The first-order valence-electron chi connectivity index (χ1n) is 9.43. The summed E-state index contributed by atoms with van der Waals surface area (Å²) in [5.74, 6) is 0.228. The number of benzene rings is 2. The highest BCUT2D eigenvalue weighted by Crippen LogP contribution is 2.41. The minimum atomic E-state index is -4.53. The summed E-state index contributed by atoms with van der Waals surface area (Å²) in [6, 6.07) is 8.17. The average molecular weight is 394 g/mol. The molecule has 2 aromatic carbocycles. The summed E-state index contributed by atoms with van der Waals surface area (Å²) in [5, 5.41) is 2.49. The molecule has 0 spiro atoms. The second kappa shape index (κ2) is 7.62. The van der Waals surface area contributed by atoms with Gasteiger partial charge in [0.1, 0.15) is 11.8 Å². The van der Waals surface area contributed by atoms with Crippen molar-refractivity contribution in [2.45, 2.75) is 45.8 Å². The largest absolute Gasteiger partial charge is 0.494 e. The van der Waals surface area contributed by atoms with Gasteiger partial charge in [0.25, 0.3) is 0 Å². The Bertz CT molecular complexity index is 864. The van der Waals surface area contributed by atoms with E-state index in [-0.39, 0.29) is 12.1 Å². The van der Waals surface area contributed by atoms with Crippen molar-refractivity contribution in [3.63, 3.8) is 0 Å². The molecule has 0 aromatic heterocycles. The van der Waals surface area contributed by atoms with Crippen LogP contribution in [0.5, 0.6) is 5.75 Å². The standard InChI is InChI=1S/C21H25F3N2O2/c1-4-5-10-28-17-9-8-14-6-7-15(11-16(14)12-17)18(21(22,23)24)26-13-20(2,3)19(27)25-26/h6-9,11-12,18H,4-5,10,13H2,1-3H3,(H,25,27). The van der Waals surface area contributed by atoms with Crippen molar-refractivity contribution in [2.24, 2.45) is 5.41 Å². The van der Waals surface area contributed by atoms with E-state index in [4.69, 9.17) is 4.74 Å². The average Bonchev–Trinajstić information content (AvgIpc) is 2.86. The van der Waals surface area contributed by atoms with Gasteiger partial charge >= 0.3 is 6.18 Å². The summed E-state index contributed by atoms with van der Waals surface area (Å²) in [4.78, 5) is 12.0. The Kier molecular flexibility index (Phi) is 5.57. The molecule has 7 heteroatoms. The Balaban J connectivity index is 1.95. The lowest BCUT2D eigenvalue weighted by Gasteiger charge is -2.30. The SMILES string of the molecule is CCCCOc1ccc2ccc(C(N3CC(C)(C)C(=O)N3)C(F)(F)F)cc2c1. The van der Waals surface area contributed by atoms with E-state index in [9.17, 15) is 18.0 Å². The number of nitrogens with one attached hydrogen (secondary N) is 1. The number of fused-ring (bicyclic) bond motifs is 1. The van der Waals surface area contributed by atoms with Crippen molar-refractivity contribution < 1.29 is 22.7 Å². The maximum Gasteiger partial charge on any atom is 0.409 e. The van der Waals surface area contributed by atoms with Gasteiger partial charge in [-0.15, -0.1) is 0 Å². The lowest BCUT2D eigenvalue weighted by molar-refractivity contribution is -0.191. The third-order valence-corrected chi connectivity index (χ3v) is 4.97. The van der Waals surface area contributed by atoms with Crippen LogP contribution in [0.2, 0.25) is 0 Å². The molecular weight excluding hydrogens is 369 g/mol. The Hall–Kier alpha value is -2.28. The minimum absolute atomic E-state index is 0.0196. The van der Waals surface area contributed by atoms with Crippen molar-refractivity contribution in [3.05, 3.63) is 42.0 Å². The first-order chi connectivity index (χ1) is 13.1. The molecule has 0 aliphatic carbocycles. The van der Waals surface area contributed by atoms with Gasteiger partial charge in [0, 0.05) is 6.54 Å². The van der Waals surface area contributed by atoms with E-state index in [1.54, 1.807) is 26.0 Å². The van der Waals surface area contributed by atoms with Gasteiger partial charge in [-0.3, -0.25) is 10.2 Å². The van der Waals surface area contributed by atoms with Gasteiger partial charge in [0.05, 0.1) is 12.0 Å². The van der Waals surface area contributed by atoms with Gasteiger partial charge in [-0.2, -0.15) is 13.2 Å². The van der Waals surface area contributed by atoms with Crippen LogP contribution in [0.4, 0.5) is 13.2 Å². The molecule has 1 aliphatic heterocycles. The van der Waals surface area contributed by atoms with Crippen molar-refractivity contribution in [1.82, 2.24) is 10.4 Å². The predicted molar refractivity (Wildman–Crippen MR) is 102 cm³/mol. The second-order valence-electron chi connectivity index (χ2n) is 7.87. The molecule has 1 heterocycles. The Morgan fingerprint density at radius 2 is 1.89 bits per heavy atom. The zero-order valence-electron chi connectivity index (χ0n) is 16.3. The molecule has 4 nitrogen and oxygen atoms in total. The number of amides is 1. The quantitative estimate of drug-likeness (QED) is 0.702. The van der Waals surface area contributed by atoms with Crippen LogP contribution in [0.1, 0.15) is 45.2 Å². The highest BCUT2D eigenvalue weighted by molar-refractivity contribution is 5.85. The van der Waals surface area contributed by atoms with E-state index in [0.29, 0.717) is 17.7 Å². The van der Waals surface area contributed by atoms with Gasteiger partial charge in [0.2, 0.25) is 5.91 Å². The van der Waals surface area contributed by atoms with E-state index in [2.05, 4.69) is 12.3 Å². The van der Waals surface area contributed by atoms with Gasteiger partial charge in [0.15, 0.2) is 0 Å². The number of carbonyl (C=O) groups excluding carboxylic acids is 1. The molecule has 152 valence electrons. The number of alkyl halides is 3. The van der Waals surface area contributed by atoms with Crippen LogP contribution < -0.4 is 10.2 Å². The van der Waals surface area contributed by atoms with Crippen LogP contribution in [0.15, 0.2) is 36.4 Å². The fourth-order valence-electron chi connectivity index (χ4n) is 3.36. The molecule has 1 saturated heterocycles. The van der Waals surface area contributed by atoms with Gasteiger partial charge in [-0.25, -0.2) is 5.01 Å². The topological polar surface area (TPSA) is 41.6 Å². The van der Waals surface area contributed by atoms with Crippen molar-refractivity contribution in [1.29, 1.82) is 0 Å². The van der Waals surface area contributed by atoms with Crippen LogP contribution in [0, 0.1) is 5.41 Å². The molecule has 1 atom stereocenters. The summed E-state index contributed by atoms with van der Waals surface area (Å²) in [6.07, 6.45) is -2.61. The monoisotopic (exact) mass is 394 g/mol. The molecule has 1 amide bonds. The number of nitrogens with zero attached hydrogens (tertiary/aromatic N) is 1. The van der Waals surface area contributed by atoms with Crippen LogP contribution in [0.25, 0.3) is 10.8 Å². The molecule has 1 unspecified atom stereocenters. The van der Waals surface area contributed by atoms with Gasteiger partial charge in [-0.1, -0.05) is 31.5 Å². The number of halogens is 3. The third kappa shape index (κ3) is 4.24. The first kappa shape index (κ1) is 20.5. The zero-order chi connectivity index (χ0) is 20.5. The fourth-order valence-corrected chi connectivity index (χ4v) is 3.36. The summed E-state index contributed by atoms with van der Waals surface area (Å²) >= 11 is 0. The normalized spacial score (nSPS) is 18.3. The molecule has 0 saturated carbocycles. The molecule has 1 N–H and O–H groups in total. The third-order valence-electron chi connectivity index (χ3n) is 4.97. The molecular formula is C21H25F3N2O2. The van der Waals surface area contributed by atoms with Crippen LogP contribution >= 0.6 is 0 Å². The Labute approximate surface area is 162 Å². The lowest BCUT2D eigenvalue weighted by Crippen LogP contribution is -2.43. The summed E-state index contributed by atoms with van der Waals surface area (Å²) in [7, 11) is 0. The van der Waals surface area contributed by atoms with Crippen LogP contribution in [0.3, 0.4) is 0 Å².